The van der Waals surface area contributed by atoms with E-state index in [0.29, 0.717) is 12.0 Å². The van der Waals surface area contributed by atoms with Crippen molar-refractivity contribution in [2.24, 2.45) is 30.2 Å². The van der Waals surface area contributed by atoms with Crippen LogP contribution in [-0.4, -0.2) is 58.1 Å². The molecule has 0 radical (unpaired) electrons. The van der Waals surface area contributed by atoms with E-state index < -0.39 is 12.3 Å². The molecule has 4 rings (SSSR count). The van der Waals surface area contributed by atoms with E-state index in [1.807, 2.05) is 6.07 Å². The van der Waals surface area contributed by atoms with Crippen LogP contribution in [0.15, 0.2) is 36.8 Å². The number of carboxylic acids is 1. The average molecular weight is 497 g/mol. The van der Waals surface area contributed by atoms with Gasteiger partial charge in [0.1, 0.15) is 5.75 Å². The SMILES string of the molecule is CC(C)(C)CCN1CC2C(CNCc3cccc(OC(F)(F)F)c3)C2C1.Cn1cnc(C(=O)O)c1. The van der Waals surface area contributed by atoms with Crippen molar-refractivity contribution in [1.82, 2.24) is 19.8 Å². The molecular formula is C25H35F3N4O3. The highest BCUT2D eigenvalue weighted by Crippen LogP contribution is 2.51. The van der Waals surface area contributed by atoms with Crippen molar-refractivity contribution in [3.63, 3.8) is 0 Å². The number of nitrogens with one attached hydrogen (secondary N) is 1. The number of piperidine rings is 1. The number of aromatic carboxylic acids is 1. The molecule has 10 heteroatoms. The van der Waals surface area contributed by atoms with Gasteiger partial charge >= 0.3 is 12.3 Å². The lowest BCUT2D eigenvalue weighted by atomic mass is 9.92. The molecule has 2 N–H and O–H groups in total. The predicted octanol–water partition coefficient (Wildman–Crippen LogP) is 4.41. The zero-order valence-electron chi connectivity index (χ0n) is 20.7. The minimum atomic E-state index is -4.64. The molecule has 2 atom stereocenters. The average Bonchev–Trinajstić information content (AvgIpc) is 3.07. The van der Waals surface area contributed by atoms with Crippen molar-refractivity contribution in [2.75, 3.05) is 26.2 Å². The highest BCUT2D eigenvalue weighted by molar-refractivity contribution is 5.84. The molecule has 2 aromatic rings. The summed E-state index contributed by atoms with van der Waals surface area (Å²) in [5.41, 5.74) is 1.28. The van der Waals surface area contributed by atoms with Crippen LogP contribution >= 0.6 is 0 Å². The van der Waals surface area contributed by atoms with Crippen molar-refractivity contribution in [3.05, 3.63) is 48.0 Å². The molecule has 0 bridgehead atoms. The number of likely N-dealkylation sites (tertiary alicyclic amines) is 1. The Labute approximate surface area is 204 Å². The van der Waals surface area contributed by atoms with Gasteiger partial charge in [-0.05, 0) is 60.4 Å². The molecule has 1 aliphatic heterocycles. The second-order valence-corrected chi connectivity index (χ2v) is 10.6. The number of ether oxygens (including phenoxy) is 1. The number of nitrogens with zero attached hydrogens (tertiary/aromatic N) is 3. The van der Waals surface area contributed by atoms with E-state index in [9.17, 15) is 18.0 Å². The maximum atomic E-state index is 12.3. The summed E-state index contributed by atoms with van der Waals surface area (Å²) in [7, 11) is 1.72. The first-order valence-electron chi connectivity index (χ1n) is 11.8. The summed E-state index contributed by atoms with van der Waals surface area (Å²) in [5.74, 6) is 1.16. The molecule has 0 spiro atoms. The number of rotatable bonds is 8. The normalized spacial score (nSPS) is 21.7. The lowest BCUT2D eigenvalue weighted by molar-refractivity contribution is -0.274. The van der Waals surface area contributed by atoms with Crippen molar-refractivity contribution < 1.29 is 27.8 Å². The van der Waals surface area contributed by atoms with E-state index in [2.05, 4.69) is 40.7 Å². The van der Waals surface area contributed by atoms with Gasteiger partial charge in [0, 0.05) is 32.9 Å². The fraction of sp³-hybridized carbons (Fsp3) is 0.600. The summed E-state index contributed by atoms with van der Waals surface area (Å²) >= 11 is 0. The van der Waals surface area contributed by atoms with Crippen LogP contribution in [0.4, 0.5) is 13.2 Å². The minimum Gasteiger partial charge on any atom is -0.476 e. The minimum absolute atomic E-state index is 0.0810. The molecule has 0 amide bonds. The first-order valence-corrected chi connectivity index (χ1v) is 11.8. The van der Waals surface area contributed by atoms with E-state index in [0.717, 1.165) is 29.9 Å². The molecule has 1 aromatic carbocycles. The second kappa shape index (κ2) is 11.0. The van der Waals surface area contributed by atoms with Crippen LogP contribution in [0.3, 0.4) is 0 Å². The maximum absolute atomic E-state index is 12.3. The summed E-state index contributed by atoms with van der Waals surface area (Å²) in [6.07, 6.45) is -0.520. The van der Waals surface area contributed by atoms with E-state index in [4.69, 9.17) is 5.11 Å². The zero-order chi connectivity index (χ0) is 25.8. The maximum Gasteiger partial charge on any atom is 0.573 e. The molecule has 35 heavy (non-hydrogen) atoms. The van der Waals surface area contributed by atoms with Gasteiger partial charge in [-0.1, -0.05) is 32.9 Å². The number of carbonyl (C=O) groups is 1. The van der Waals surface area contributed by atoms with Crippen LogP contribution in [-0.2, 0) is 13.6 Å². The molecule has 2 fully saturated rings. The predicted molar refractivity (Wildman–Crippen MR) is 126 cm³/mol. The first-order chi connectivity index (χ1) is 16.3. The zero-order valence-corrected chi connectivity index (χ0v) is 20.7. The van der Waals surface area contributed by atoms with Crippen LogP contribution in [0.2, 0.25) is 0 Å². The third kappa shape index (κ3) is 8.85. The molecule has 7 nitrogen and oxygen atoms in total. The second-order valence-electron chi connectivity index (χ2n) is 10.6. The number of carboxylic acid groups (broad SMARTS) is 1. The Morgan fingerprint density at radius 1 is 1.23 bits per heavy atom. The van der Waals surface area contributed by atoms with Gasteiger partial charge in [0.25, 0.3) is 0 Å². The molecule has 1 aliphatic carbocycles. The summed E-state index contributed by atoms with van der Waals surface area (Å²) < 4.78 is 42.4. The Morgan fingerprint density at radius 3 is 2.43 bits per heavy atom. The van der Waals surface area contributed by atoms with Crippen molar-refractivity contribution >= 4 is 5.97 Å². The molecule has 1 saturated carbocycles. The molecular weight excluding hydrogens is 461 g/mol. The smallest absolute Gasteiger partial charge is 0.476 e. The van der Waals surface area contributed by atoms with E-state index in [1.54, 1.807) is 17.7 Å². The number of aryl methyl sites for hydroxylation is 1. The Bertz CT molecular complexity index is 975. The highest BCUT2D eigenvalue weighted by Gasteiger charge is 2.54. The van der Waals surface area contributed by atoms with Crippen LogP contribution in [0.1, 0.15) is 43.2 Å². The molecule has 2 unspecified atom stereocenters. The summed E-state index contributed by atoms with van der Waals surface area (Å²) in [5, 5.41) is 11.7. The van der Waals surface area contributed by atoms with Gasteiger partial charge in [-0.2, -0.15) is 0 Å². The quantitative estimate of drug-likeness (QED) is 0.564. The molecule has 194 valence electrons. The fourth-order valence-electron chi connectivity index (χ4n) is 4.47. The van der Waals surface area contributed by atoms with Gasteiger partial charge in [0.2, 0.25) is 0 Å². The van der Waals surface area contributed by atoms with Gasteiger partial charge < -0.3 is 24.6 Å². The Kier molecular flexibility index (Phi) is 8.48. The monoisotopic (exact) mass is 496 g/mol. The van der Waals surface area contributed by atoms with E-state index in [-0.39, 0.29) is 11.4 Å². The number of halogens is 3. The third-order valence-corrected chi connectivity index (χ3v) is 6.39. The molecule has 2 aliphatic rings. The van der Waals surface area contributed by atoms with Crippen molar-refractivity contribution in [3.8, 4) is 5.75 Å². The number of aromatic nitrogens is 2. The van der Waals surface area contributed by atoms with Gasteiger partial charge in [-0.3, -0.25) is 0 Å². The van der Waals surface area contributed by atoms with Crippen LogP contribution < -0.4 is 10.1 Å². The number of alkyl halides is 3. The lowest BCUT2D eigenvalue weighted by Crippen LogP contribution is -2.30. The summed E-state index contributed by atoms with van der Waals surface area (Å²) in [4.78, 5) is 16.3. The first kappa shape index (κ1) is 27.0. The van der Waals surface area contributed by atoms with Gasteiger partial charge in [0.15, 0.2) is 5.69 Å². The van der Waals surface area contributed by atoms with Gasteiger partial charge in [0.05, 0.1) is 6.33 Å². The van der Waals surface area contributed by atoms with Crippen LogP contribution in [0, 0.1) is 23.2 Å². The van der Waals surface area contributed by atoms with Gasteiger partial charge in [-0.25, -0.2) is 9.78 Å². The Balaban J connectivity index is 0.000000320. The molecule has 2 heterocycles. The van der Waals surface area contributed by atoms with Crippen LogP contribution in [0.5, 0.6) is 5.75 Å². The van der Waals surface area contributed by atoms with Crippen LogP contribution in [0.25, 0.3) is 0 Å². The third-order valence-electron chi connectivity index (χ3n) is 6.39. The fourth-order valence-corrected chi connectivity index (χ4v) is 4.47. The largest absolute Gasteiger partial charge is 0.573 e. The number of imidazole rings is 1. The highest BCUT2D eigenvalue weighted by atomic mass is 19.4. The van der Waals surface area contributed by atoms with Crippen molar-refractivity contribution in [1.29, 1.82) is 0 Å². The Morgan fingerprint density at radius 2 is 1.91 bits per heavy atom. The van der Waals surface area contributed by atoms with E-state index >= 15 is 0 Å². The Hall–Kier alpha value is -2.59. The van der Waals surface area contributed by atoms with Crippen molar-refractivity contribution in [2.45, 2.75) is 40.1 Å². The topological polar surface area (TPSA) is 79.6 Å². The number of fused-ring (bicyclic) bond motifs is 1. The van der Waals surface area contributed by atoms with Gasteiger partial charge in [-0.15, -0.1) is 13.2 Å². The lowest BCUT2D eigenvalue weighted by Gasteiger charge is -2.25. The summed E-state index contributed by atoms with van der Waals surface area (Å²) in [6, 6.07) is 6.19. The summed E-state index contributed by atoms with van der Waals surface area (Å²) in [6.45, 7) is 11.9. The molecule has 1 aromatic heterocycles. The standard InChI is InChI=1S/C20H29F3N2O.C5H6N2O2/c1-19(2,3)7-8-25-12-17-16(18(17)13-25)11-24-10-14-5-4-6-15(9-14)26-20(21,22)23;1-7-2-4(5(8)9)6-3-7/h4-6,9,16-18,24H,7-8,10-13H2,1-3H3;2-3H,1H3,(H,8,9). The molecule has 1 saturated heterocycles. The number of benzene rings is 1. The van der Waals surface area contributed by atoms with E-state index in [1.165, 1.54) is 50.7 Å². The number of hydrogen-bond donors (Lipinski definition) is 2. The number of hydrogen-bond acceptors (Lipinski definition) is 5.